The molecular weight excluding hydrogens is 200 g/mol. The highest BCUT2D eigenvalue weighted by molar-refractivity contribution is 5.76. The topological polar surface area (TPSA) is 55.1 Å². The zero-order valence-corrected chi connectivity index (χ0v) is 9.94. The molecule has 0 aromatic heterocycles. The molecule has 0 bridgehead atoms. The molecule has 0 aliphatic carbocycles. The van der Waals surface area contributed by atoms with Gasteiger partial charge in [-0.3, -0.25) is 4.79 Å². The number of hydrogen-bond acceptors (Lipinski definition) is 2. The molecule has 16 heavy (non-hydrogen) atoms. The molecule has 0 heterocycles. The summed E-state index contributed by atoms with van der Waals surface area (Å²) in [7, 11) is 0. The fourth-order valence-corrected chi connectivity index (χ4v) is 1.64. The van der Waals surface area contributed by atoms with Gasteiger partial charge in [0, 0.05) is 18.5 Å². The van der Waals surface area contributed by atoms with Crippen molar-refractivity contribution in [3.63, 3.8) is 0 Å². The first-order valence-corrected chi connectivity index (χ1v) is 5.67. The average molecular weight is 220 g/mol. The number of benzene rings is 1. The lowest BCUT2D eigenvalue weighted by atomic mass is 10.1. The molecule has 3 heteroatoms. The van der Waals surface area contributed by atoms with Crippen molar-refractivity contribution in [3.05, 3.63) is 35.9 Å². The molecule has 1 aromatic rings. The smallest absolute Gasteiger partial charge is 0.221 e. The second-order valence-electron chi connectivity index (χ2n) is 4.34. The number of nitrogens with one attached hydrogen (secondary N) is 1. The van der Waals surface area contributed by atoms with E-state index in [-0.39, 0.29) is 18.0 Å². The number of carbonyl (C=O) groups excluding carboxylic acids is 1. The Morgan fingerprint density at radius 2 is 1.94 bits per heavy atom. The summed E-state index contributed by atoms with van der Waals surface area (Å²) in [6.45, 7) is 3.84. The molecule has 0 saturated carbocycles. The van der Waals surface area contributed by atoms with Gasteiger partial charge in [0.05, 0.1) is 0 Å². The minimum atomic E-state index is -0.0797. The summed E-state index contributed by atoms with van der Waals surface area (Å²) < 4.78 is 0. The van der Waals surface area contributed by atoms with Crippen molar-refractivity contribution in [3.8, 4) is 0 Å². The van der Waals surface area contributed by atoms with Crippen LogP contribution in [0.4, 0.5) is 0 Å². The molecule has 2 atom stereocenters. The van der Waals surface area contributed by atoms with Crippen LogP contribution in [0.15, 0.2) is 30.3 Å². The van der Waals surface area contributed by atoms with Gasteiger partial charge in [-0.2, -0.15) is 0 Å². The summed E-state index contributed by atoms with van der Waals surface area (Å²) in [4.78, 5) is 11.5. The molecule has 3 N–H and O–H groups in total. The Kier molecular flexibility index (Phi) is 4.99. The van der Waals surface area contributed by atoms with E-state index in [9.17, 15) is 4.79 Å². The number of hydrogen-bond donors (Lipinski definition) is 2. The number of nitrogens with two attached hydrogens (primary N) is 1. The largest absolute Gasteiger partial charge is 0.353 e. The maximum Gasteiger partial charge on any atom is 0.221 e. The van der Waals surface area contributed by atoms with E-state index in [0.717, 1.165) is 6.42 Å². The lowest BCUT2D eigenvalue weighted by molar-refractivity contribution is -0.121. The molecule has 3 nitrogen and oxygen atoms in total. The number of carbonyl (C=O) groups is 1. The Morgan fingerprint density at radius 1 is 1.31 bits per heavy atom. The minimum Gasteiger partial charge on any atom is -0.353 e. The van der Waals surface area contributed by atoms with Crippen molar-refractivity contribution in [1.29, 1.82) is 0 Å². The molecule has 2 unspecified atom stereocenters. The third-order valence-electron chi connectivity index (χ3n) is 2.30. The average Bonchev–Trinajstić information content (AvgIpc) is 2.17. The molecule has 88 valence electrons. The van der Waals surface area contributed by atoms with Crippen LogP contribution in [0.3, 0.4) is 0 Å². The molecule has 0 spiro atoms. The third-order valence-corrected chi connectivity index (χ3v) is 2.30. The predicted octanol–water partition coefficient (Wildman–Crippen LogP) is 1.47. The maximum absolute atomic E-state index is 11.5. The van der Waals surface area contributed by atoms with E-state index in [1.165, 1.54) is 5.56 Å². The van der Waals surface area contributed by atoms with Gasteiger partial charge in [-0.05, 0) is 25.8 Å². The first-order valence-electron chi connectivity index (χ1n) is 5.67. The van der Waals surface area contributed by atoms with Crippen molar-refractivity contribution in [2.24, 2.45) is 5.73 Å². The van der Waals surface area contributed by atoms with Crippen molar-refractivity contribution in [1.82, 2.24) is 5.32 Å². The van der Waals surface area contributed by atoms with Crippen LogP contribution in [0.25, 0.3) is 0 Å². The first kappa shape index (κ1) is 12.7. The van der Waals surface area contributed by atoms with E-state index >= 15 is 0 Å². The number of rotatable bonds is 5. The second-order valence-corrected chi connectivity index (χ2v) is 4.34. The van der Waals surface area contributed by atoms with Gasteiger partial charge in [0.25, 0.3) is 0 Å². The molecule has 0 radical (unpaired) electrons. The van der Waals surface area contributed by atoms with E-state index in [4.69, 9.17) is 5.73 Å². The molecule has 0 fully saturated rings. The van der Waals surface area contributed by atoms with E-state index < -0.39 is 0 Å². The van der Waals surface area contributed by atoms with Crippen LogP contribution in [0, 0.1) is 0 Å². The summed E-state index contributed by atoms with van der Waals surface area (Å²) in [5, 5.41) is 2.94. The Labute approximate surface area is 97.0 Å². The Morgan fingerprint density at radius 3 is 2.50 bits per heavy atom. The van der Waals surface area contributed by atoms with Crippen molar-refractivity contribution in [2.45, 2.75) is 38.8 Å². The van der Waals surface area contributed by atoms with E-state index in [1.54, 1.807) is 0 Å². The lowest BCUT2D eigenvalue weighted by Crippen LogP contribution is -2.37. The van der Waals surface area contributed by atoms with E-state index in [2.05, 4.69) is 17.4 Å². The van der Waals surface area contributed by atoms with Crippen LogP contribution >= 0.6 is 0 Å². The zero-order valence-electron chi connectivity index (χ0n) is 9.94. The highest BCUT2D eigenvalue weighted by atomic mass is 16.1. The van der Waals surface area contributed by atoms with Crippen molar-refractivity contribution in [2.75, 3.05) is 0 Å². The summed E-state index contributed by atoms with van der Waals surface area (Å²) in [6.07, 6.45) is 1.24. The predicted molar refractivity (Wildman–Crippen MR) is 66.0 cm³/mol. The molecule has 0 aliphatic rings. The summed E-state index contributed by atoms with van der Waals surface area (Å²) >= 11 is 0. The van der Waals surface area contributed by atoms with Crippen LogP contribution in [-0.4, -0.2) is 18.0 Å². The molecule has 0 aliphatic heterocycles. The van der Waals surface area contributed by atoms with Crippen LogP contribution in [-0.2, 0) is 11.2 Å². The first-order chi connectivity index (χ1) is 7.58. The summed E-state index contributed by atoms with van der Waals surface area (Å²) in [6, 6.07) is 10.2. The standard InChI is InChI=1S/C13H20N2O/c1-10(14)8-13(16)15-11(2)9-12-6-4-3-5-7-12/h3-7,10-11H,8-9,14H2,1-2H3,(H,15,16). The summed E-state index contributed by atoms with van der Waals surface area (Å²) in [5.74, 6) is 0.0263. The Bertz CT molecular complexity index is 322. The van der Waals surface area contributed by atoms with Crippen LogP contribution in [0.1, 0.15) is 25.8 Å². The monoisotopic (exact) mass is 220 g/mol. The lowest BCUT2D eigenvalue weighted by Gasteiger charge is -2.14. The van der Waals surface area contributed by atoms with E-state index in [1.807, 2.05) is 32.0 Å². The van der Waals surface area contributed by atoms with Gasteiger partial charge >= 0.3 is 0 Å². The summed E-state index contributed by atoms with van der Waals surface area (Å²) in [5.41, 5.74) is 6.79. The SMILES string of the molecule is CC(N)CC(=O)NC(C)Cc1ccccc1. The van der Waals surface area contributed by atoms with Crippen LogP contribution < -0.4 is 11.1 Å². The van der Waals surface area contributed by atoms with Gasteiger partial charge in [-0.15, -0.1) is 0 Å². The van der Waals surface area contributed by atoms with Gasteiger partial charge in [0.2, 0.25) is 5.91 Å². The third kappa shape index (κ3) is 4.94. The highest BCUT2D eigenvalue weighted by Gasteiger charge is 2.09. The van der Waals surface area contributed by atoms with Crippen molar-refractivity contribution >= 4 is 5.91 Å². The fourth-order valence-electron chi connectivity index (χ4n) is 1.64. The van der Waals surface area contributed by atoms with Crippen LogP contribution in [0.2, 0.25) is 0 Å². The van der Waals surface area contributed by atoms with Crippen LogP contribution in [0.5, 0.6) is 0 Å². The molecule has 0 saturated heterocycles. The van der Waals surface area contributed by atoms with Gasteiger partial charge < -0.3 is 11.1 Å². The Balaban J connectivity index is 2.36. The fraction of sp³-hybridized carbons (Fsp3) is 0.462. The van der Waals surface area contributed by atoms with Gasteiger partial charge in [0.15, 0.2) is 0 Å². The molecular formula is C13H20N2O. The molecule has 1 rings (SSSR count). The quantitative estimate of drug-likeness (QED) is 0.789. The highest BCUT2D eigenvalue weighted by Crippen LogP contribution is 2.02. The maximum atomic E-state index is 11.5. The van der Waals surface area contributed by atoms with Crippen molar-refractivity contribution < 1.29 is 4.79 Å². The second kappa shape index (κ2) is 6.28. The molecule has 1 aromatic carbocycles. The van der Waals surface area contributed by atoms with Gasteiger partial charge in [0.1, 0.15) is 0 Å². The normalized spacial score (nSPS) is 14.2. The molecule has 1 amide bonds. The Hall–Kier alpha value is -1.35. The van der Waals surface area contributed by atoms with Gasteiger partial charge in [-0.25, -0.2) is 0 Å². The number of amides is 1. The minimum absolute atomic E-state index is 0.0263. The van der Waals surface area contributed by atoms with E-state index in [0.29, 0.717) is 6.42 Å². The zero-order chi connectivity index (χ0) is 12.0. The van der Waals surface area contributed by atoms with Gasteiger partial charge in [-0.1, -0.05) is 30.3 Å².